The number of nitrogens with zero attached hydrogens (tertiary/aromatic N) is 8. The van der Waals surface area contributed by atoms with Crippen LogP contribution in [0.3, 0.4) is 0 Å². The van der Waals surface area contributed by atoms with Crippen LogP contribution in [0.25, 0.3) is 11.2 Å². The van der Waals surface area contributed by atoms with Crippen molar-refractivity contribution in [3.63, 3.8) is 0 Å². The number of hydrogen-bond donors (Lipinski definition) is 3. The predicted molar refractivity (Wildman–Crippen MR) is 179 cm³/mol. The molecule has 0 amide bonds. The maximum atomic E-state index is 11.3. The van der Waals surface area contributed by atoms with Crippen LogP contribution in [0.4, 0.5) is 11.8 Å². The Bertz CT molecular complexity index is 1720. The molecule has 1 aliphatic heterocycles. The number of nitrogens with one attached hydrogen (secondary N) is 1. The number of benzene rings is 2. The summed E-state index contributed by atoms with van der Waals surface area (Å²) in [7, 11) is 4.22. The summed E-state index contributed by atoms with van der Waals surface area (Å²) in [6.07, 6.45) is 5.93. The monoisotopic (exact) mass is 621 g/mol. The summed E-state index contributed by atoms with van der Waals surface area (Å²) in [5.41, 5.74) is 4.80. The lowest BCUT2D eigenvalue weighted by Gasteiger charge is -2.23. The van der Waals surface area contributed by atoms with E-state index < -0.39 is 18.2 Å². The van der Waals surface area contributed by atoms with E-state index in [-0.39, 0.29) is 12.0 Å². The van der Waals surface area contributed by atoms with E-state index in [2.05, 4.69) is 89.8 Å². The van der Waals surface area contributed by atoms with Crippen molar-refractivity contribution >= 4 is 22.9 Å². The van der Waals surface area contributed by atoms with Gasteiger partial charge in [-0.25, -0.2) is 4.98 Å². The van der Waals surface area contributed by atoms with E-state index in [1.807, 2.05) is 29.1 Å². The number of rotatable bonds is 10. The molecule has 11 nitrogen and oxygen atoms in total. The molecule has 46 heavy (non-hydrogen) atoms. The summed E-state index contributed by atoms with van der Waals surface area (Å²) in [5.74, 6) is 1.40. The van der Waals surface area contributed by atoms with Gasteiger partial charge in [-0.15, -0.1) is 0 Å². The minimum Gasteiger partial charge on any atom is -0.388 e. The van der Waals surface area contributed by atoms with Crippen molar-refractivity contribution in [1.82, 2.24) is 34.2 Å². The molecule has 2 aliphatic rings. The average Bonchev–Trinajstić information content (AvgIpc) is 3.89. The first-order valence-corrected chi connectivity index (χ1v) is 16.3. The van der Waals surface area contributed by atoms with Gasteiger partial charge in [0.2, 0.25) is 5.95 Å². The quantitative estimate of drug-likeness (QED) is 0.213. The van der Waals surface area contributed by atoms with Crippen LogP contribution >= 0.6 is 0 Å². The normalized spacial score (nSPS) is 23.3. The second kappa shape index (κ2) is 12.8. The highest BCUT2D eigenvalue weighted by atomic mass is 16.3. The maximum absolute atomic E-state index is 11.3. The van der Waals surface area contributed by atoms with E-state index in [0.717, 1.165) is 31.5 Å². The third-order valence-corrected chi connectivity index (χ3v) is 9.85. The highest BCUT2D eigenvalue weighted by Crippen LogP contribution is 2.40. The molecule has 1 aliphatic carbocycles. The van der Waals surface area contributed by atoms with E-state index in [1.54, 1.807) is 11.0 Å². The molecule has 240 valence electrons. The van der Waals surface area contributed by atoms with Crippen molar-refractivity contribution in [1.29, 1.82) is 0 Å². The SMILES string of the molecule is CCc1cnn([C@H]2C[C@@H](n3cnc4c(NCC(c5ccccc5)c5ccccc5)nc(N5CC[C@H](N(C)C)C5)nc43)[C@H](O)[C@@H]2O)c1. The van der Waals surface area contributed by atoms with Gasteiger partial charge in [-0.3, -0.25) is 4.68 Å². The molecular formula is C35H43N9O2. The Balaban J connectivity index is 1.25. The lowest BCUT2D eigenvalue weighted by atomic mass is 9.91. The molecule has 3 aromatic heterocycles. The highest BCUT2D eigenvalue weighted by molar-refractivity contribution is 5.84. The van der Waals surface area contributed by atoms with Crippen molar-refractivity contribution < 1.29 is 10.2 Å². The van der Waals surface area contributed by atoms with Gasteiger partial charge in [0.15, 0.2) is 17.0 Å². The number of fused-ring (bicyclic) bond motifs is 1. The van der Waals surface area contributed by atoms with Gasteiger partial charge in [0.1, 0.15) is 12.2 Å². The van der Waals surface area contributed by atoms with Crippen LogP contribution in [0.5, 0.6) is 0 Å². The Hall–Kier alpha value is -4.32. The Morgan fingerprint density at radius 2 is 1.65 bits per heavy atom. The topological polar surface area (TPSA) is 120 Å². The van der Waals surface area contributed by atoms with Gasteiger partial charge < -0.3 is 29.9 Å². The zero-order valence-electron chi connectivity index (χ0n) is 26.7. The number of likely N-dealkylation sites (N-methyl/N-ethyl adjacent to an activating group) is 1. The lowest BCUT2D eigenvalue weighted by molar-refractivity contribution is 0.00721. The Labute approximate surface area is 269 Å². The smallest absolute Gasteiger partial charge is 0.229 e. The first kappa shape index (κ1) is 30.3. The second-order valence-electron chi connectivity index (χ2n) is 12.8. The maximum Gasteiger partial charge on any atom is 0.229 e. The van der Waals surface area contributed by atoms with E-state index in [1.165, 1.54) is 11.1 Å². The lowest BCUT2D eigenvalue weighted by Crippen LogP contribution is -2.32. The number of aromatic nitrogens is 6. The molecule has 1 saturated carbocycles. The van der Waals surface area contributed by atoms with Gasteiger partial charge in [-0.2, -0.15) is 15.1 Å². The number of anilines is 2. The van der Waals surface area contributed by atoms with E-state index >= 15 is 0 Å². The molecule has 0 unspecified atom stereocenters. The number of imidazole rings is 1. The minimum absolute atomic E-state index is 0.0949. The molecule has 0 bridgehead atoms. The molecule has 3 N–H and O–H groups in total. The van der Waals surface area contributed by atoms with Gasteiger partial charge in [0, 0.05) is 37.8 Å². The summed E-state index contributed by atoms with van der Waals surface area (Å²) in [5, 5.41) is 30.7. The van der Waals surface area contributed by atoms with Crippen LogP contribution in [0, 0.1) is 0 Å². The van der Waals surface area contributed by atoms with Crippen molar-refractivity contribution in [2.45, 2.75) is 62.4 Å². The fraction of sp³-hybridized carbons (Fsp3) is 0.429. The van der Waals surface area contributed by atoms with Gasteiger partial charge in [-0.1, -0.05) is 67.6 Å². The van der Waals surface area contributed by atoms with Crippen LogP contribution in [0.2, 0.25) is 0 Å². The Kier molecular flexibility index (Phi) is 8.46. The number of aliphatic hydroxyl groups is 2. The zero-order valence-corrected chi connectivity index (χ0v) is 26.7. The average molecular weight is 622 g/mol. The first-order chi connectivity index (χ1) is 22.4. The van der Waals surface area contributed by atoms with Crippen molar-refractivity contribution in [2.75, 3.05) is 43.9 Å². The Morgan fingerprint density at radius 1 is 0.957 bits per heavy atom. The van der Waals surface area contributed by atoms with Crippen LogP contribution in [-0.4, -0.2) is 96.4 Å². The first-order valence-electron chi connectivity index (χ1n) is 16.3. The van der Waals surface area contributed by atoms with Gasteiger partial charge in [-0.05, 0) is 50.0 Å². The third kappa shape index (κ3) is 5.74. The van der Waals surface area contributed by atoms with Crippen LogP contribution in [-0.2, 0) is 6.42 Å². The van der Waals surface area contributed by atoms with Crippen molar-refractivity contribution in [3.05, 3.63) is 96.1 Å². The molecule has 0 spiro atoms. The summed E-state index contributed by atoms with van der Waals surface area (Å²) in [6, 6.07) is 20.6. The molecule has 5 atom stereocenters. The number of aliphatic hydroxyl groups excluding tert-OH is 2. The zero-order chi connectivity index (χ0) is 31.8. The van der Waals surface area contributed by atoms with Crippen LogP contribution < -0.4 is 10.2 Å². The molecule has 5 aromatic rings. The van der Waals surface area contributed by atoms with E-state index in [0.29, 0.717) is 41.9 Å². The molecule has 0 radical (unpaired) electrons. The van der Waals surface area contributed by atoms with Gasteiger partial charge in [0.05, 0.1) is 24.6 Å². The second-order valence-corrected chi connectivity index (χ2v) is 12.8. The van der Waals surface area contributed by atoms with Crippen LogP contribution in [0.15, 0.2) is 79.4 Å². The Morgan fingerprint density at radius 3 is 2.28 bits per heavy atom. The molecule has 4 heterocycles. The molecule has 1 saturated heterocycles. The summed E-state index contributed by atoms with van der Waals surface area (Å²) >= 11 is 0. The van der Waals surface area contributed by atoms with Gasteiger partial charge >= 0.3 is 0 Å². The molecule has 2 aromatic carbocycles. The van der Waals surface area contributed by atoms with Crippen LogP contribution in [0.1, 0.15) is 54.5 Å². The van der Waals surface area contributed by atoms with E-state index in [4.69, 9.17) is 15.0 Å². The number of aryl methyl sites for hydroxylation is 1. The highest BCUT2D eigenvalue weighted by Gasteiger charge is 2.44. The molecular weight excluding hydrogens is 578 g/mol. The van der Waals surface area contributed by atoms with E-state index in [9.17, 15) is 10.2 Å². The van der Waals surface area contributed by atoms with Crippen molar-refractivity contribution in [3.8, 4) is 0 Å². The van der Waals surface area contributed by atoms with Crippen molar-refractivity contribution in [2.24, 2.45) is 0 Å². The summed E-state index contributed by atoms with van der Waals surface area (Å²) in [6.45, 7) is 4.37. The molecule has 11 heteroatoms. The standard InChI is InChI=1S/C35H43N9O2/c1-4-23-18-38-44(20-23)29-17-28(31(45)32(29)46)43-22-37-30-33(39-35(40-34(30)43)42-16-15-26(21-42)41(2)3)36-19-27(24-11-7-5-8-12-24)25-13-9-6-10-14-25/h5-14,18,20,22,26-29,31-32,45-46H,4,15-17,19,21H2,1-3H3,(H,36,39,40)/t26-,28+,29-,31-,32+/m0/s1. The predicted octanol–water partition coefficient (Wildman–Crippen LogP) is 3.88. The largest absolute Gasteiger partial charge is 0.388 e. The minimum atomic E-state index is -1.00. The molecule has 2 fully saturated rings. The number of hydrogen-bond acceptors (Lipinski definition) is 9. The summed E-state index contributed by atoms with van der Waals surface area (Å²) < 4.78 is 3.72. The van der Waals surface area contributed by atoms with Gasteiger partial charge in [0.25, 0.3) is 0 Å². The molecule has 7 rings (SSSR count). The fourth-order valence-corrected chi connectivity index (χ4v) is 7.02. The third-order valence-electron chi connectivity index (χ3n) is 9.85. The summed E-state index contributed by atoms with van der Waals surface area (Å²) in [4.78, 5) is 19.4. The fourth-order valence-electron chi connectivity index (χ4n) is 7.02.